The van der Waals surface area contributed by atoms with Crippen molar-refractivity contribution < 1.29 is 9.47 Å². The minimum absolute atomic E-state index is 0.693. The summed E-state index contributed by atoms with van der Waals surface area (Å²) in [4.78, 5) is 0. The lowest BCUT2D eigenvalue weighted by Crippen LogP contribution is -2.52. The van der Waals surface area contributed by atoms with Crippen molar-refractivity contribution in [1.82, 2.24) is 0 Å². The van der Waals surface area contributed by atoms with Gasteiger partial charge in [-0.05, 0) is 57.6 Å². The predicted molar refractivity (Wildman–Crippen MR) is 172 cm³/mol. The van der Waals surface area contributed by atoms with E-state index in [-0.39, 0.29) is 0 Å². The monoisotopic (exact) mass is 546 g/mol. The van der Waals surface area contributed by atoms with Crippen LogP contribution in [0.4, 0.5) is 0 Å². The van der Waals surface area contributed by atoms with Gasteiger partial charge in [0.2, 0.25) is 0 Å². The molecule has 0 radical (unpaired) electrons. The number of hydrogen-bond acceptors (Lipinski definition) is 2. The highest BCUT2D eigenvalue weighted by atomic mass is 16.5. The molecule has 0 unspecified atom stereocenters. The molecule has 0 saturated carbocycles. The first kappa shape index (κ1) is 27.1. The zero-order chi connectivity index (χ0) is 28.8. The number of rotatable bonds is 9. The van der Waals surface area contributed by atoms with Crippen molar-refractivity contribution in [3.8, 4) is 11.5 Å². The fourth-order valence-corrected chi connectivity index (χ4v) is 6.73. The topological polar surface area (TPSA) is 18.5 Å². The zero-order valence-corrected chi connectivity index (χ0v) is 24.0. The van der Waals surface area contributed by atoms with E-state index in [1.807, 2.05) is 0 Å². The van der Waals surface area contributed by atoms with Crippen molar-refractivity contribution in [2.24, 2.45) is 0 Å². The largest absolute Gasteiger partial charge is 0.497 e. The molecule has 0 heterocycles. The summed E-state index contributed by atoms with van der Waals surface area (Å²) in [5.41, 5.74) is 5.64. The molecule has 0 fully saturated rings. The van der Waals surface area contributed by atoms with Gasteiger partial charge in [0.25, 0.3) is 0 Å². The van der Waals surface area contributed by atoms with E-state index >= 15 is 0 Å². The number of benzene rings is 6. The lowest BCUT2D eigenvalue weighted by atomic mass is 9.47. The van der Waals surface area contributed by atoms with Crippen molar-refractivity contribution in [1.29, 1.82) is 0 Å². The van der Waals surface area contributed by atoms with E-state index in [9.17, 15) is 0 Å². The van der Waals surface area contributed by atoms with Crippen LogP contribution in [0.5, 0.6) is 11.5 Å². The van der Waals surface area contributed by atoms with Gasteiger partial charge in [-0.2, -0.15) is 0 Å². The van der Waals surface area contributed by atoms with Crippen LogP contribution < -0.4 is 9.47 Å². The molecule has 0 saturated heterocycles. The van der Waals surface area contributed by atoms with Gasteiger partial charge < -0.3 is 9.47 Å². The van der Waals surface area contributed by atoms with Crippen LogP contribution in [0, 0.1) is 0 Å². The second-order valence-electron chi connectivity index (χ2n) is 10.4. The van der Waals surface area contributed by atoms with Gasteiger partial charge in [0.15, 0.2) is 0 Å². The molecule has 0 aliphatic rings. The number of methoxy groups -OCH3 is 2. The highest BCUT2D eigenvalue weighted by Crippen LogP contribution is 2.60. The van der Waals surface area contributed by atoms with Crippen LogP contribution in [0.3, 0.4) is 0 Å². The Morgan fingerprint density at radius 2 is 0.500 bits per heavy atom. The highest BCUT2D eigenvalue weighted by molar-refractivity contribution is 5.68. The summed E-state index contributed by atoms with van der Waals surface area (Å²) < 4.78 is 11.3. The standard InChI is InChI=1S/C40H34O2/c1-41-37-27-23-35(24-28-37)40(34-21-13-6-14-22-34,36-25-29-38(42-2)30-26-36)39(31-15-7-3-8-16-31,32-17-9-4-10-18-32)33-19-11-5-12-20-33/h3-30H,1-2H3. The van der Waals surface area contributed by atoms with Crippen molar-refractivity contribution >= 4 is 0 Å². The van der Waals surface area contributed by atoms with Crippen molar-refractivity contribution in [3.05, 3.63) is 203 Å². The summed E-state index contributed by atoms with van der Waals surface area (Å²) in [6.45, 7) is 0. The molecule has 0 aromatic heterocycles. The first-order valence-electron chi connectivity index (χ1n) is 14.3. The van der Waals surface area contributed by atoms with E-state index in [1.54, 1.807) is 14.2 Å². The van der Waals surface area contributed by atoms with E-state index in [1.165, 1.54) is 22.3 Å². The molecule has 0 amide bonds. The van der Waals surface area contributed by atoms with Crippen LogP contribution in [0.2, 0.25) is 0 Å². The molecule has 0 spiro atoms. The lowest BCUT2D eigenvalue weighted by molar-refractivity contribution is 0.405. The van der Waals surface area contributed by atoms with Gasteiger partial charge in [-0.15, -0.1) is 0 Å². The van der Waals surface area contributed by atoms with Crippen molar-refractivity contribution in [3.63, 3.8) is 0 Å². The van der Waals surface area contributed by atoms with E-state index in [0.717, 1.165) is 22.6 Å². The van der Waals surface area contributed by atoms with E-state index in [4.69, 9.17) is 9.47 Å². The fraction of sp³-hybridized carbons (Fsp3) is 0.100. The third kappa shape index (κ3) is 4.37. The maximum atomic E-state index is 5.65. The van der Waals surface area contributed by atoms with E-state index in [0.29, 0.717) is 0 Å². The van der Waals surface area contributed by atoms with Crippen LogP contribution in [-0.4, -0.2) is 14.2 Å². The Hall–Kier alpha value is -5.08. The second-order valence-corrected chi connectivity index (χ2v) is 10.4. The van der Waals surface area contributed by atoms with Crippen LogP contribution in [0.15, 0.2) is 170 Å². The Bertz CT molecular complexity index is 1550. The summed E-state index contributed by atoms with van der Waals surface area (Å²) in [6.07, 6.45) is 0. The smallest absolute Gasteiger partial charge is 0.118 e. The minimum atomic E-state index is -0.725. The van der Waals surface area contributed by atoms with Gasteiger partial charge in [0.1, 0.15) is 11.5 Å². The van der Waals surface area contributed by atoms with Crippen LogP contribution in [-0.2, 0) is 10.8 Å². The third-order valence-corrected chi connectivity index (χ3v) is 8.44. The summed E-state index contributed by atoms with van der Waals surface area (Å²) in [5, 5.41) is 0. The summed E-state index contributed by atoms with van der Waals surface area (Å²) in [5.74, 6) is 1.64. The molecule has 206 valence electrons. The van der Waals surface area contributed by atoms with Gasteiger partial charge in [0.05, 0.1) is 25.0 Å². The average Bonchev–Trinajstić information content (AvgIpc) is 3.09. The molecule has 42 heavy (non-hydrogen) atoms. The zero-order valence-electron chi connectivity index (χ0n) is 24.0. The van der Waals surface area contributed by atoms with Crippen LogP contribution >= 0.6 is 0 Å². The maximum absolute atomic E-state index is 5.65. The van der Waals surface area contributed by atoms with Gasteiger partial charge in [-0.25, -0.2) is 0 Å². The normalized spacial score (nSPS) is 11.6. The quantitative estimate of drug-likeness (QED) is 0.168. The number of hydrogen-bond donors (Lipinski definition) is 0. The molecule has 2 heteroatoms. The molecular weight excluding hydrogens is 512 g/mol. The van der Waals surface area contributed by atoms with E-state index < -0.39 is 10.8 Å². The SMILES string of the molecule is COc1ccc(C(c2ccccc2)(c2ccc(OC)cc2)C(c2ccccc2)(c2ccccc2)c2ccccc2)cc1. The highest BCUT2D eigenvalue weighted by Gasteiger charge is 2.57. The molecule has 2 nitrogen and oxygen atoms in total. The molecule has 6 aromatic carbocycles. The molecule has 6 aromatic rings. The summed E-state index contributed by atoms with van der Waals surface area (Å²) >= 11 is 0. The van der Waals surface area contributed by atoms with E-state index in [2.05, 4.69) is 170 Å². The van der Waals surface area contributed by atoms with Crippen LogP contribution in [0.1, 0.15) is 33.4 Å². The Morgan fingerprint density at radius 1 is 0.286 bits per heavy atom. The fourth-order valence-electron chi connectivity index (χ4n) is 6.73. The van der Waals surface area contributed by atoms with Crippen molar-refractivity contribution in [2.45, 2.75) is 10.8 Å². The molecular formula is C40H34O2. The van der Waals surface area contributed by atoms with Gasteiger partial charge in [-0.1, -0.05) is 146 Å². The maximum Gasteiger partial charge on any atom is 0.118 e. The predicted octanol–water partition coefficient (Wildman–Crippen LogP) is 9.07. The lowest BCUT2D eigenvalue weighted by Gasteiger charge is -2.53. The van der Waals surface area contributed by atoms with Gasteiger partial charge >= 0.3 is 0 Å². The Balaban J connectivity index is 1.91. The van der Waals surface area contributed by atoms with Crippen LogP contribution in [0.25, 0.3) is 0 Å². The molecule has 0 N–H and O–H groups in total. The Labute approximate surface area is 248 Å². The molecule has 0 aliphatic carbocycles. The summed E-state index contributed by atoms with van der Waals surface area (Å²) in [7, 11) is 3.43. The first-order chi connectivity index (χ1) is 20.7. The van der Waals surface area contributed by atoms with Gasteiger partial charge in [0, 0.05) is 0 Å². The minimum Gasteiger partial charge on any atom is -0.497 e. The summed E-state index contributed by atoms with van der Waals surface area (Å²) in [6, 6.07) is 60.8. The number of ether oxygens (including phenoxy) is 2. The first-order valence-corrected chi connectivity index (χ1v) is 14.3. The molecule has 6 rings (SSSR count). The molecule has 0 atom stereocenters. The third-order valence-electron chi connectivity index (χ3n) is 8.44. The average molecular weight is 547 g/mol. The Kier molecular flexibility index (Phi) is 7.62. The Morgan fingerprint density at radius 3 is 0.714 bits per heavy atom. The van der Waals surface area contributed by atoms with Crippen molar-refractivity contribution in [2.75, 3.05) is 14.2 Å². The second kappa shape index (κ2) is 11.8. The molecule has 0 bridgehead atoms. The van der Waals surface area contributed by atoms with Gasteiger partial charge in [-0.3, -0.25) is 0 Å². The molecule has 0 aliphatic heterocycles.